The molecule has 10 heteroatoms. The number of hydrogen-bond donors (Lipinski definition) is 3. The summed E-state index contributed by atoms with van der Waals surface area (Å²) in [6, 6.07) is 2.57. The molecule has 1 aromatic heterocycles. The second kappa shape index (κ2) is 8.58. The first kappa shape index (κ1) is 21.8. The summed E-state index contributed by atoms with van der Waals surface area (Å²) in [7, 11) is 0. The van der Waals surface area contributed by atoms with Crippen LogP contribution in [0.5, 0.6) is 0 Å². The molecule has 1 heterocycles. The van der Waals surface area contributed by atoms with Crippen LogP contribution in [0.4, 0.5) is 17.6 Å². The van der Waals surface area contributed by atoms with Crippen molar-refractivity contribution in [2.75, 3.05) is 0 Å². The number of aromatic nitrogens is 1. The fraction of sp³-hybridized carbons (Fsp3) is 0.524. The molecule has 2 aliphatic carbocycles. The van der Waals surface area contributed by atoms with Gasteiger partial charge in [-0.1, -0.05) is 11.2 Å². The molecule has 1 aromatic carbocycles. The molecule has 0 radical (unpaired) electrons. The SMILES string of the molecule is O=C(NC1CCCC(O)C1)c1noc(-c2ccc(C(F)(F)F)c(F)c2)c1CNC1CC1. The fourth-order valence-corrected chi connectivity index (χ4v) is 3.85. The highest BCUT2D eigenvalue weighted by Gasteiger charge is 2.35. The Morgan fingerprint density at radius 1 is 1.19 bits per heavy atom. The average molecular weight is 441 g/mol. The zero-order valence-corrected chi connectivity index (χ0v) is 16.6. The third-order valence-electron chi connectivity index (χ3n) is 5.67. The molecule has 2 fully saturated rings. The number of halogens is 4. The number of nitrogens with zero attached hydrogens (tertiary/aromatic N) is 1. The summed E-state index contributed by atoms with van der Waals surface area (Å²) in [6.45, 7) is 0.211. The summed E-state index contributed by atoms with van der Waals surface area (Å²) in [5, 5.41) is 19.7. The summed E-state index contributed by atoms with van der Waals surface area (Å²) in [5.41, 5.74) is -0.941. The number of alkyl halides is 3. The van der Waals surface area contributed by atoms with Crippen molar-refractivity contribution in [1.29, 1.82) is 0 Å². The minimum absolute atomic E-state index is 0.00326. The Kier molecular flexibility index (Phi) is 6.02. The lowest BCUT2D eigenvalue weighted by Gasteiger charge is -2.26. The van der Waals surface area contributed by atoms with Crippen LogP contribution in [0.1, 0.15) is 60.1 Å². The molecular weight excluding hydrogens is 418 g/mol. The van der Waals surface area contributed by atoms with E-state index in [2.05, 4.69) is 15.8 Å². The van der Waals surface area contributed by atoms with E-state index in [1.54, 1.807) is 0 Å². The minimum atomic E-state index is -4.81. The summed E-state index contributed by atoms with van der Waals surface area (Å²) in [4.78, 5) is 12.8. The lowest BCUT2D eigenvalue weighted by molar-refractivity contribution is -0.139. The van der Waals surface area contributed by atoms with E-state index in [-0.39, 0.29) is 35.6 Å². The first-order valence-corrected chi connectivity index (χ1v) is 10.3. The van der Waals surface area contributed by atoms with Crippen LogP contribution in [0, 0.1) is 5.82 Å². The second-order valence-corrected chi connectivity index (χ2v) is 8.18. The summed E-state index contributed by atoms with van der Waals surface area (Å²) >= 11 is 0. The second-order valence-electron chi connectivity index (χ2n) is 8.18. The molecule has 2 saturated carbocycles. The molecule has 2 aromatic rings. The smallest absolute Gasteiger partial charge is 0.393 e. The van der Waals surface area contributed by atoms with Gasteiger partial charge in [0.25, 0.3) is 5.91 Å². The van der Waals surface area contributed by atoms with Crippen molar-refractivity contribution in [2.24, 2.45) is 0 Å². The van der Waals surface area contributed by atoms with Gasteiger partial charge in [-0.05, 0) is 50.7 Å². The van der Waals surface area contributed by atoms with E-state index in [9.17, 15) is 27.5 Å². The van der Waals surface area contributed by atoms with Crippen molar-refractivity contribution in [3.63, 3.8) is 0 Å². The molecule has 0 bridgehead atoms. The van der Waals surface area contributed by atoms with Gasteiger partial charge in [0.2, 0.25) is 0 Å². The van der Waals surface area contributed by atoms with Gasteiger partial charge in [0, 0.05) is 29.8 Å². The van der Waals surface area contributed by atoms with Gasteiger partial charge in [-0.2, -0.15) is 13.2 Å². The van der Waals surface area contributed by atoms with Crippen LogP contribution in [-0.2, 0) is 12.7 Å². The van der Waals surface area contributed by atoms with Gasteiger partial charge in [-0.3, -0.25) is 4.79 Å². The number of nitrogens with one attached hydrogen (secondary N) is 2. The predicted octanol–water partition coefficient (Wildman–Crippen LogP) is 3.78. The molecule has 168 valence electrons. The third-order valence-corrected chi connectivity index (χ3v) is 5.67. The Morgan fingerprint density at radius 2 is 1.97 bits per heavy atom. The maximum Gasteiger partial charge on any atom is 0.419 e. The molecule has 31 heavy (non-hydrogen) atoms. The van der Waals surface area contributed by atoms with Crippen LogP contribution in [0.3, 0.4) is 0 Å². The molecule has 1 amide bonds. The Labute approximate surface area is 176 Å². The molecular formula is C21H23F4N3O3. The van der Waals surface area contributed by atoms with Crippen molar-refractivity contribution in [2.45, 2.75) is 69.4 Å². The van der Waals surface area contributed by atoms with Gasteiger partial charge < -0.3 is 20.3 Å². The van der Waals surface area contributed by atoms with Gasteiger partial charge >= 0.3 is 6.18 Å². The number of hydrogen-bond acceptors (Lipinski definition) is 5. The summed E-state index contributed by atoms with van der Waals surface area (Å²) in [6.07, 6.45) is -0.667. The van der Waals surface area contributed by atoms with Crippen LogP contribution >= 0.6 is 0 Å². The molecule has 6 nitrogen and oxygen atoms in total. The quantitative estimate of drug-likeness (QED) is 0.594. The zero-order chi connectivity index (χ0) is 22.2. The fourth-order valence-electron chi connectivity index (χ4n) is 3.85. The van der Waals surface area contributed by atoms with Gasteiger partial charge in [0.05, 0.1) is 11.7 Å². The molecule has 2 aliphatic rings. The lowest BCUT2D eigenvalue weighted by atomic mass is 9.93. The number of carbonyl (C=O) groups is 1. The van der Waals surface area contributed by atoms with Gasteiger partial charge in [0.15, 0.2) is 11.5 Å². The highest BCUT2D eigenvalue weighted by Crippen LogP contribution is 2.35. The molecule has 0 spiro atoms. The Hall–Kier alpha value is -2.46. The van der Waals surface area contributed by atoms with Crippen molar-refractivity contribution >= 4 is 5.91 Å². The van der Waals surface area contributed by atoms with Crippen molar-refractivity contribution in [3.05, 3.63) is 40.8 Å². The maximum absolute atomic E-state index is 14.1. The maximum atomic E-state index is 14.1. The van der Waals surface area contributed by atoms with E-state index >= 15 is 0 Å². The van der Waals surface area contributed by atoms with Gasteiger partial charge in [0.1, 0.15) is 5.82 Å². The van der Waals surface area contributed by atoms with Gasteiger partial charge in [-0.15, -0.1) is 0 Å². The Bertz CT molecular complexity index is 956. The lowest BCUT2D eigenvalue weighted by Crippen LogP contribution is -2.40. The van der Waals surface area contributed by atoms with E-state index in [4.69, 9.17) is 4.52 Å². The van der Waals surface area contributed by atoms with E-state index in [0.717, 1.165) is 37.8 Å². The monoisotopic (exact) mass is 441 g/mol. The van der Waals surface area contributed by atoms with Gasteiger partial charge in [-0.25, -0.2) is 4.39 Å². The van der Waals surface area contributed by atoms with Crippen molar-refractivity contribution in [1.82, 2.24) is 15.8 Å². The standard InChI is InChI=1S/C21H23F4N3O3/c22-17-8-11(4-7-16(17)21(23,24)25)19-15(10-26-12-5-6-12)18(28-31-19)20(30)27-13-2-1-3-14(29)9-13/h4,7-8,12-14,26,29H,1-3,5-6,9-10H2,(H,27,30). The predicted molar refractivity (Wildman–Crippen MR) is 102 cm³/mol. The van der Waals surface area contributed by atoms with Crippen LogP contribution in [0.2, 0.25) is 0 Å². The van der Waals surface area contributed by atoms with E-state index in [1.165, 1.54) is 0 Å². The minimum Gasteiger partial charge on any atom is -0.393 e. The number of amides is 1. The van der Waals surface area contributed by atoms with Crippen molar-refractivity contribution < 1.29 is 32.0 Å². The number of aliphatic hydroxyl groups excluding tert-OH is 1. The Morgan fingerprint density at radius 3 is 2.61 bits per heavy atom. The highest BCUT2D eigenvalue weighted by atomic mass is 19.4. The molecule has 0 aliphatic heterocycles. The average Bonchev–Trinajstić information content (AvgIpc) is 3.42. The molecule has 0 saturated heterocycles. The van der Waals surface area contributed by atoms with E-state index in [0.29, 0.717) is 24.5 Å². The first-order chi connectivity index (χ1) is 14.7. The molecule has 2 atom stereocenters. The number of rotatable bonds is 6. The molecule has 4 rings (SSSR count). The van der Waals surface area contributed by atoms with Crippen LogP contribution in [-0.4, -0.2) is 34.4 Å². The van der Waals surface area contributed by atoms with Crippen LogP contribution < -0.4 is 10.6 Å². The molecule has 2 unspecified atom stereocenters. The van der Waals surface area contributed by atoms with Crippen LogP contribution in [0.15, 0.2) is 22.7 Å². The van der Waals surface area contributed by atoms with Crippen LogP contribution in [0.25, 0.3) is 11.3 Å². The van der Waals surface area contributed by atoms with E-state index < -0.39 is 29.6 Å². The molecule has 3 N–H and O–H groups in total. The summed E-state index contributed by atoms with van der Waals surface area (Å²) < 4.78 is 58.0. The number of benzene rings is 1. The Balaban J connectivity index is 1.61. The highest BCUT2D eigenvalue weighted by molar-refractivity contribution is 5.95. The zero-order valence-electron chi connectivity index (χ0n) is 16.6. The first-order valence-electron chi connectivity index (χ1n) is 10.3. The largest absolute Gasteiger partial charge is 0.419 e. The normalized spacial score (nSPS) is 21.8. The number of aliphatic hydroxyl groups is 1. The topological polar surface area (TPSA) is 87.4 Å². The summed E-state index contributed by atoms with van der Waals surface area (Å²) in [5.74, 6) is -1.87. The van der Waals surface area contributed by atoms with Crippen molar-refractivity contribution in [3.8, 4) is 11.3 Å². The van der Waals surface area contributed by atoms with E-state index in [1.807, 2.05) is 0 Å². The number of carbonyl (C=O) groups excluding carboxylic acids is 1. The third kappa shape index (κ3) is 5.07.